The molecule has 0 saturated carbocycles. The SMILES string of the molecule is CCCCC(=O)c1ccc(S(=O)(=O)CC(O)CO)cc1. The van der Waals surface area contributed by atoms with E-state index in [0.29, 0.717) is 12.0 Å². The van der Waals surface area contributed by atoms with Gasteiger partial charge in [-0.2, -0.15) is 0 Å². The van der Waals surface area contributed by atoms with Crippen LogP contribution in [-0.2, 0) is 9.84 Å². The highest BCUT2D eigenvalue weighted by molar-refractivity contribution is 7.91. The molecule has 0 bridgehead atoms. The zero-order chi connectivity index (χ0) is 15.2. The predicted molar refractivity (Wildman–Crippen MR) is 75.4 cm³/mol. The van der Waals surface area contributed by atoms with Gasteiger partial charge in [0.15, 0.2) is 15.6 Å². The van der Waals surface area contributed by atoms with Crippen molar-refractivity contribution in [1.82, 2.24) is 0 Å². The second-order valence-corrected chi connectivity index (χ2v) is 6.70. The van der Waals surface area contributed by atoms with Gasteiger partial charge in [-0.3, -0.25) is 4.79 Å². The average Bonchev–Trinajstić information content (AvgIpc) is 2.44. The van der Waals surface area contributed by atoms with Gasteiger partial charge in [-0.1, -0.05) is 25.5 Å². The van der Waals surface area contributed by atoms with Crippen LogP contribution in [-0.4, -0.2) is 42.9 Å². The van der Waals surface area contributed by atoms with Gasteiger partial charge in [-0.15, -0.1) is 0 Å². The summed E-state index contributed by atoms with van der Waals surface area (Å²) in [4.78, 5) is 11.8. The Bertz CT molecular complexity index is 533. The van der Waals surface area contributed by atoms with Crippen LogP contribution in [0.1, 0.15) is 36.5 Å². The van der Waals surface area contributed by atoms with E-state index in [1.54, 1.807) is 0 Å². The van der Waals surface area contributed by atoms with Crippen LogP contribution in [0.2, 0.25) is 0 Å². The van der Waals surface area contributed by atoms with Gasteiger partial charge in [0.1, 0.15) is 0 Å². The molecule has 5 nitrogen and oxygen atoms in total. The molecule has 0 aromatic heterocycles. The lowest BCUT2D eigenvalue weighted by Crippen LogP contribution is -2.24. The Kier molecular flexibility index (Phi) is 6.32. The molecule has 1 rings (SSSR count). The first kappa shape index (κ1) is 16.8. The van der Waals surface area contributed by atoms with Crippen LogP contribution >= 0.6 is 0 Å². The van der Waals surface area contributed by atoms with Crippen molar-refractivity contribution in [3.05, 3.63) is 29.8 Å². The Labute approximate surface area is 119 Å². The van der Waals surface area contributed by atoms with E-state index in [1.165, 1.54) is 24.3 Å². The molecule has 1 aromatic carbocycles. The van der Waals surface area contributed by atoms with Crippen LogP contribution in [0.25, 0.3) is 0 Å². The van der Waals surface area contributed by atoms with Gasteiger partial charge in [0.05, 0.1) is 23.4 Å². The van der Waals surface area contributed by atoms with Crippen molar-refractivity contribution < 1.29 is 23.4 Å². The smallest absolute Gasteiger partial charge is 0.181 e. The normalized spacial score (nSPS) is 13.2. The van der Waals surface area contributed by atoms with E-state index in [-0.39, 0.29) is 10.7 Å². The van der Waals surface area contributed by atoms with Gasteiger partial charge in [0, 0.05) is 12.0 Å². The number of carbonyl (C=O) groups excluding carboxylic acids is 1. The molecule has 2 N–H and O–H groups in total. The number of rotatable bonds is 8. The number of sulfone groups is 1. The fourth-order valence-electron chi connectivity index (χ4n) is 1.73. The number of benzene rings is 1. The third kappa shape index (κ3) is 4.70. The monoisotopic (exact) mass is 300 g/mol. The zero-order valence-corrected chi connectivity index (χ0v) is 12.3. The largest absolute Gasteiger partial charge is 0.394 e. The Morgan fingerprint density at radius 1 is 1.25 bits per heavy atom. The summed E-state index contributed by atoms with van der Waals surface area (Å²) in [6.07, 6.45) is 0.885. The third-order valence-electron chi connectivity index (χ3n) is 2.92. The Morgan fingerprint density at radius 3 is 2.35 bits per heavy atom. The molecule has 0 aliphatic carbocycles. The number of hydrogen-bond donors (Lipinski definition) is 2. The van der Waals surface area contributed by atoms with Gasteiger partial charge in [-0.25, -0.2) is 8.42 Å². The minimum absolute atomic E-state index is 0.00816. The number of carbonyl (C=O) groups is 1. The summed E-state index contributed by atoms with van der Waals surface area (Å²) in [6, 6.07) is 5.68. The number of unbranched alkanes of at least 4 members (excludes halogenated alkanes) is 1. The molecule has 0 aliphatic rings. The second kappa shape index (κ2) is 7.52. The maximum absolute atomic E-state index is 11.9. The van der Waals surface area contributed by atoms with Crippen molar-refractivity contribution >= 4 is 15.6 Å². The van der Waals surface area contributed by atoms with Gasteiger partial charge in [-0.05, 0) is 18.6 Å². The highest BCUT2D eigenvalue weighted by atomic mass is 32.2. The van der Waals surface area contributed by atoms with Crippen LogP contribution in [0.5, 0.6) is 0 Å². The first-order valence-corrected chi connectivity index (χ1v) is 8.21. The molecule has 0 radical (unpaired) electrons. The van der Waals surface area contributed by atoms with E-state index in [0.717, 1.165) is 12.8 Å². The van der Waals surface area contributed by atoms with Gasteiger partial charge in [0.2, 0.25) is 0 Å². The van der Waals surface area contributed by atoms with E-state index in [2.05, 4.69) is 0 Å². The molecule has 20 heavy (non-hydrogen) atoms. The van der Waals surface area contributed by atoms with Crippen molar-refractivity contribution in [2.24, 2.45) is 0 Å². The molecule has 0 aliphatic heterocycles. The van der Waals surface area contributed by atoms with Gasteiger partial charge in [0.25, 0.3) is 0 Å². The van der Waals surface area contributed by atoms with Crippen LogP contribution in [0.4, 0.5) is 0 Å². The van der Waals surface area contributed by atoms with Crippen molar-refractivity contribution in [3.63, 3.8) is 0 Å². The zero-order valence-electron chi connectivity index (χ0n) is 11.4. The number of aliphatic hydroxyl groups is 2. The second-order valence-electron chi connectivity index (χ2n) is 4.67. The maximum Gasteiger partial charge on any atom is 0.181 e. The summed E-state index contributed by atoms with van der Waals surface area (Å²) in [5.74, 6) is -0.543. The number of ketones is 1. The summed E-state index contributed by atoms with van der Waals surface area (Å²) in [6.45, 7) is 1.39. The molecule has 0 amide bonds. The molecule has 0 heterocycles. The summed E-state index contributed by atoms with van der Waals surface area (Å²) >= 11 is 0. The molecule has 1 unspecified atom stereocenters. The van der Waals surface area contributed by atoms with Crippen LogP contribution in [0, 0.1) is 0 Å². The summed E-state index contributed by atoms with van der Waals surface area (Å²) in [5.41, 5.74) is 0.486. The van der Waals surface area contributed by atoms with Crippen molar-refractivity contribution in [2.45, 2.75) is 37.2 Å². The lowest BCUT2D eigenvalue weighted by atomic mass is 10.1. The van der Waals surface area contributed by atoms with E-state index >= 15 is 0 Å². The molecule has 112 valence electrons. The van der Waals surface area contributed by atoms with E-state index in [1.807, 2.05) is 6.92 Å². The quantitative estimate of drug-likeness (QED) is 0.704. The number of aliphatic hydroxyl groups excluding tert-OH is 2. The van der Waals surface area contributed by atoms with Crippen LogP contribution in [0.15, 0.2) is 29.2 Å². The lowest BCUT2D eigenvalue weighted by Gasteiger charge is -2.09. The first-order valence-electron chi connectivity index (χ1n) is 6.55. The lowest BCUT2D eigenvalue weighted by molar-refractivity contribution is 0.0979. The fraction of sp³-hybridized carbons (Fsp3) is 0.500. The standard InChI is InChI=1S/C14H20O5S/c1-2-3-4-14(17)11-5-7-13(8-6-11)20(18,19)10-12(16)9-15/h5-8,12,15-16H,2-4,9-10H2,1H3. The number of Topliss-reactive ketones (excluding diaryl/α,β-unsaturated/α-hetero) is 1. The van der Waals surface area contributed by atoms with E-state index < -0.39 is 28.3 Å². The summed E-state index contributed by atoms with van der Waals surface area (Å²) in [7, 11) is -3.65. The predicted octanol–water partition coefficient (Wildman–Crippen LogP) is 1.19. The fourth-order valence-corrected chi connectivity index (χ4v) is 3.09. The summed E-state index contributed by atoms with van der Waals surface area (Å²) in [5, 5.41) is 17.9. The number of hydrogen-bond acceptors (Lipinski definition) is 5. The molecule has 0 spiro atoms. The average molecular weight is 300 g/mol. The minimum Gasteiger partial charge on any atom is -0.394 e. The Hall–Kier alpha value is -1.24. The van der Waals surface area contributed by atoms with Crippen LogP contribution < -0.4 is 0 Å². The Balaban J connectivity index is 2.83. The topological polar surface area (TPSA) is 91.7 Å². The van der Waals surface area contributed by atoms with Gasteiger partial charge >= 0.3 is 0 Å². The van der Waals surface area contributed by atoms with Crippen LogP contribution in [0.3, 0.4) is 0 Å². The van der Waals surface area contributed by atoms with Crippen molar-refractivity contribution in [1.29, 1.82) is 0 Å². The van der Waals surface area contributed by atoms with E-state index in [4.69, 9.17) is 5.11 Å². The molecule has 0 fully saturated rings. The highest BCUT2D eigenvalue weighted by Gasteiger charge is 2.19. The highest BCUT2D eigenvalue weighted by Crippen LogP contribution is 2.15. The molecule has 6 heteroatoms. The molecular formula is C14H20O5S. The molecule has 0 saturated heterocycles. The third-order valence-corrected chi connectivity index (χ3v) is 4.73. The Morgan fingerprint density at radius 2 is 1.85 bits per heavy atom. The van der Waals surface area contributed by atoms with Crippen molar-refractivity contribution in [2.75, 3.05) is 12.4 Å². The molecule has 1 atom stereocenters. The first-order chi connectivity index (χ1) is 9.40. The summed E-state index contributed by atoms with van der Waals surface area (Å²) < 4.78 is 23.8. The van der Waals surface area contributed by atoms with E-state index in [9.17, 15) is 18.3 Å². The van der Waals surface area contributed by atoms with Crippen molar-refractivity contribution in [3.8, 4) is 0 Å². The van der Waals surface area contributed by atoms with Gasteiger partial charge < -0.3 is 10.2 Å². The minimum atomic E-state index is -3.65. The molecular weight excluding hydrogens is 280 g/mol. The molecule has 1 aromatic rings. The maximum atomic E-state index is 11.9.